The highest BCUT2D eigenvalue weighted by Gasteiger charge is 2.27. The highest BCUT2D eigenvalue weighted by Crippen LogP contribution is 2.30. The van der Waals surface area contributed by atoms with Gasteiger partial charge in [-0.3, -0.25) is 19.6 Å². The summed E-state index contributed by atoms with van der Waals surface area (Å²) in [6, 6.07) is 14.9. The zero-order valence-electron chi connectivity index (χ0n) is 16.7. The molecule has 0 spiro atoms. The number of anilines is 1. The van der Waals surface area contributed by atoms with Crippen molar-refractivity contribution in [1.82, 2.24) is 19.7 Å². The van der Waals surface area contributed by atoms with Gasteiger partial charge in [0.05, 0.1) is 24.2 Å². The van der Waals surface area contributed by atoms with Gasteiger partial charge in [0.25, 0.3) is 11.8 Å². The lowest BCUT2D eigenvalue weighted by atomic mass is 10.1. The Labute approximate surface area is 182 Å². The number of aryl methyl sites for hydroxylation is 1. The number of hydrogen-bond acceptors (Lipinski definition) is 6. The summed E-state index contributed by atoms with van der Waals surface area (Å²) in [7, 11) is 1.78. The lowest BCUT2D eigenvalue weighted by Gasteiger charge is -2.25. The summed E-state index contributed by atoms with van der Waals surface area (Å²) in [6.45, 7) is 1.02. The quantitative estimate of drug-likeness (QED) is 0.531. The second-order valence-electron chi connectivity index (χ2n) is 7.20. The molecule has 31 heavy (non-hydrogen) atoms. The summed E-state index contributed by atoms with van der Waals surface area (Å²) < 4.78 is 6.74. The van der Waals surface area contributed by atoms with E-state index in [0.29, 0.717) is 30.3 Å². The van der Waals surface area contributed by atoms with Crippen LogP contribution in [0.25, 0.3) is 11.3 Å². The molecule has 0 saturated heterocycles. The van der Waals surface area contributed by atoms with Crippen LogP contribution in [-0.4, -0.2) is 38.0 Å². The van der Waals surface area contributed by atoms with E-state index in [0.717, 1.165) is 21.8 Å². The molecule has 156 valence electrons. The topological polar surface area (TPSA) is 93.3 Å². The third-order valence-electron chi connectivity index (χ3n) is 5.15. The van der Waals surface area contributed by atoms with Crippen molar-refractivity contribution in [3.05, 3.63) is 76.8 Å². The zero-order valence-corrected chi connectivity index (χ0v) is 17.6. The predicted octanol–water partition coefficient (Wildman–Crippen LogP) is 3.59. The van der Waals surface area contributed by atoms with Gasteiger partial charge < -0.3 is 9.32 Å². The van der Waals surface area contributed by atoms with E-state index >= 15 is 0 Å². The first kappa shape index (κ1) is 19.3. The normalized spacial score (nSPS) is 13.1. The SMILES string of the molecule is Cn1nc(-c2ccccc2)cc1C(=O)N1CCc2nc(NC(=O)c3ccco3)sc2C1. The first-order valence-electron chi connectivity index (χ1n) is 9.80. The van der Waals surface area contributed by atoms with Gasteiger partial charge in [0.15, 0.2) is 10.9 Å². The molecule has 0 radical (unpaired) electrons. The second-order valence-corrected chi connectivity index (χ2v) is 8.29. The number of hydrogen-bond donors (Lipinski definition) is 1. The molecule has 8 nitrogen and oxygen atoms in total. The summed E-state index contributed by atoms with van der Waals surface area (Å²) in [6.07, 6.45) is 2.09. The summed E-state index contributed by atoms with van der Waals surface area (Å²) in [5, 5.41) is 7.78. The fourth-order valence-electron chi connectivity index (χ4n) is 3.57. The lowest BCUT2D eigenvalue weighted by Crippen LogP contribution is -2.36. The van der Waals surface area contributed by atoms with Crippen LogP contribution in [0.1, 0.15) is 31.6 Å². The van der Waals surface area contributed by atoms with Crippen LogP contribution in [0.5, 0.6) is 0 Å². The Kier molecular flexibility index (Phi) is 4.87. The lowest BCUT2D eigenvalue weighted by molar-refractivity contribution is 0.0725. The molecule has 0 saturated carbocycles. The molecule has 0 aliphatic carbocycles. The molecular formula is C22H19N5O3S. The summed E-state index contributed by atoms with van der Waals surface area (Å²) in [5.74, 6) is -0.180. The molecule has 4 aromatic rings. The van der Waals surface area contributed by atoms with Crippen molar-refractivity contribution in [3.8, 4) is 11.3 Å². The smallest absolute Gasteiger partial charge is 0.293 e. The predicted molar refractivity (Wildman–Crippen MR) is 116 cm³/mol. The van der Waals surface area contributed by atoms with Gasteiger partial charge in [-0.25, -0.2) is 4.98 Å². The first-order valence-corrected chi connectivity index (χ1v) is 10.6. The number of fused-ring (bicyclic) bond motifs is 1. The maximum Gasteiger partial charge on any atom is 0.293 e. The molecule has 1 aromatic carbocycles. The number of aromatic nitrogens is 3. The molecule has 0 atom stereocenters. The number of thiazole rings is 1. The third-order valence-corrected chi connectivity index (χ3v) is 6.15. The van der Waals surface area contributed by atoms with E-state index in [1.54, 1.807) is 28.8 Å². The highest BCUT2D eigenvalue weighted by atomic mass is 32.1. The van der Waals surface area contributed by atoms with Gasteiger partial charge in [-0.05, 0) is 18.2 Å². The molecule has 1 aliphatic heterocycles. The maximum absolute atomic E-state index is 13.2. The van der Waals surface area contributed by atoms with Gasteiger partial charge in [0.1, 0.15) is 5.69 Å². The number of amides is 2. The molecule has 1 N–H and O–H groups in total. The molecule has 5 rings (SSSR count). The number of nitrogens with one attached hydrogen (secondary N) is 1. The van der Waals surface area contributed by atoms with Crippen LogP contribution >= 0.6 is 11.3 Å². The minimum Gasteiger partial charge on any atom is -0.459 e. The average molecular weight is 433 g/mol. The standard InChI is InChI=1S/C22H19N5O3S/c1-26-17(12-16(25-26)14-6-3-2-4-7-14)21(29)27-10-9-15-19(13-27)31-22(23-15)24-20(28)18-8-5-11-30-18/h2-8,11-12H,9-10,13H2,1H3,(H,23,24,28). The van der Waals surface area contributed by atoms with Crippen LogP contribution in [0.2, 0.25) is 0 Å². The van der Waals surface area contributed by atoms with E-state index in [2.05, 4.69) is 15.4 Å². The molecule has 2 amide bonds. The monoisotopic (exact) mass is 433 g/mol. The van der Waals surface area contributed by atoms with Crippen molar-refractivity contribution in [2.24, 2.45) is 7.05 Å². The fourth-order valence-corrected chi connectivity index (χ4v) is 4.59. The number of carbonyl (C=O) groups is 2. The van der Waals surface area contributed by atoms with Crippen molar-refractivity contribution in [2.75, 3.05) is 11.9 Å². The Morgan fingerprint density at radius 2 is 2.00 bits per heavy atom. The molecular weight excluding hydrogens is 414 g/mol. The highest BCUT2D eigenvalue weighted by molar-refractivity contribution is 7.15. The maximum atomic E-state index is 13.2. The molecule has 0 fully saturated rings. The Balaban J connectivity index is 1.32. The Hall–Kier alpha value is -3.72. The van der Waals surface area contributed by atoms with Crippen LogP contribution < -0.4 is 5.32 Å². The molecule has 0 bridgehead atoms. The van der Waals surface area contributed by atoms with E-state index in [9.17, 15) is 9.59 Å². The van der Waals surface area contributed by atoms with Crippen molar-refractivity contribution >= 4 is 28.3 Å². The van der Waals surface area contributed by atoms with Crippen LogP contribution in [0.4, 0.5) is 5.13 Å². The Morgan fingerprint density at radius 1 is 1.16 bits per heavy atom. The van der Waals surface area contributed by atoms with Gasteiger partial charge in [0, 0.05) is 30.5 Å². The molecule has 9 heteroatoms. The number of benzene rings is 1. The second kappa shape index (κ2) is 7.84. The van der Waals surface area contributed by atoms with Crippen molar-refractivity contribution in [3.63, 3.8) is 0 Å². The number of carbonyl (C=O) groups excluding carboxylic acids is 2. The van der Waals surface area contributed by atoms with Crippen LogP contribution in [0, 0.1) is 0 Å². The van der Waals surface area contributed by atoms with Crippen LogP contribution in [-0.2, 0) is 20.0 Å². The van der Waals surface area contributed by atoms with Gasteiger partial charge >= 0.3 is 0 Å². The number of nitrogens with zero attached hydrogens (tertiary/aromatic N) is 4. The van der Waals surface area contributed by atoms with E-state index < -0.39 is 0 Å². The van der Waals surface area contributed by atoms with Gasteiger partial charge in [0.2, 0.25) is 0 Å². The van der Waals surface area contributed by atoms with Crippen molar-refractivity contribution in [2.45, 2.75) is 13.0 Å². The minimum atomic E-state index is -0.340. The van der Waals surface area contributed by atoms with Gasteiger partial charge in [-0.1, -0.05) is 41.7 Å². The van der Waals surface area contributed by atoms with E-state index in [1.807, 2.05) is 36.4 Å². The minimum absolute atomic E-state index is 0.0718. The Bertz CT molecular complexity index is 1240. The fraction of sp³-hybridized carbons (Fsp3) is 0.182. The molecule has 1 aliphatic rings. The molecule has 0 unspecified atom stereocenters. The van der Waals surface area contributed by atoms with Gasteiger partial charge in [-0.15, -0.1) is 0 Å². The van der Waals surface area contributed by atoms with E-state index in [4.69, 9.17) is 4.42 Å². The number of rotatable bonds is 4. The third kappa shape index (κ3) is 3.75. The average Bonchev–Trinajstić information content (AvgIpc) is 3.53. The van der Waals surface area contributed by atoms with E-state index in [-0.39, 0.29) is 17.6 Å². The van der Waals surface area contributed by atoms with Gasteiger partial charge in [-0.2, -0.15) is 5.10 Å². The van der Waals surface area contributed by atoms with Crippen molar-refractivity contribution < 1.29 is 14.0 Å². The summed E-state index contributed by atoms with van der Waals surface area (Å²) >= 11 is 1.38. The summed E-state index contributed by atoms with van der Waals surface area (Å²) in [5.41, 5.74) is 3.19. The zero-order chi connectivity index (χ0) is 21.4. The Morgan fingerprint density at radius 3 is 2.77 bits per heavy atom. The summed E-state index contributed by atoms with van der Waals surface area (Å²) in [4.78, 5) is 32.7. The van der Waals surface area contributed by atoms with Crippen LogP contribution in [0.15, 0.2) is 59.2 Å². The largest absolute Gasteiger partial charge is 0.459 e. The van der Waals surface area contributed by atoms with Crippen molar-refractivity contribution in [1.29, 1.82) is 0 Å². The van der Waals surface area contributed by atoms with Crippen LogP contribution in [0.3, 0.4) is 0 Å². The van der Waals surface area contributed by atoms with E-state index in [1.165, 1.54) is 17.6 Å². The molecule has 3 aromatic heterocycles. The molecule has 4 heterocycles. The number of furan rings is 1. The first-order chi connectivity index (χ1) is 15.1.